The van der Waals surface area contributed by atoms with Crippen LogP contribution >= 0.6 is 0 Å². The van der Waals surface area contributed by atoms with Crippen LogP contribution in [0, 0.1) is 0 Å². The quantitative estimate of drug-likeness (QED) is 0.438. The molecule has 35 heavy (non-hydrogen) atoms. The highest BCUT2D eigenvalue weighted by Crippen LogP contribution is 2.36. The van der Waals surface area contributed by atoms with Gasteiger partial charge in [0, 0.05) is 45.7 Å². The molecule has 0 bridgehead atoms. The van der Waals surface area contributed by atoms with E-state index in [1.165, 1.54) is 18.2 Å². The highest BCUT2D eigenvalue weighted by atomic mass is 16.6. The highest BCUT2D eigenvalue weighted by molar-refractivity contribution is 5.98. The standard InChI is InChI=1S/C26H33N3O6/c1-27-22-11-21(23(33-2)12-24(22)35-26(16-30)8-10-34-17-26)25(32)28-13-20(31)15-29-9-7-18-5-3-4-6-19(18)14-29/h3-6,11-12,16,20,27,31H,7-10,13-15,17H2,1-2H3,(H,28,32). The van der Waals surface area contributed by atoms with Crippen LogP contribution in [0.5, 0.6) is 11.5 Å². The summed E-state index contributed by atoms with van der Waals surface area (Å²) in [5.41, 5.74) is 2.41. The molecule has 9 nitrogen and oxygen atoms in total. The molecule has 4 rings (SSSR count). The van der Waals surface area contributed by atoms with Crippen LogP contribution in [0.3, 0.4) is 0 Å². The van der Waals surface area contributed by atoms with Gasteiger partial charge in [0.15, 0.2) is 11.9 Å². The van der Waals surface area contributed by atoms with Gasteiger partial charge in [0.25, 0.3) is 5.91 Å². The first-order chi connectivity index (χ1) is 17.0. The first kappa shape index (κ1) is 25.0. The van der Waals surface area contributed by atoms with E-state index in [0.717, 1.165) is 25.8 Å². The van der Waals surface area contributed by atoms with E-state index >= 15 is 0 Å². The lowest BCUT2D eigenvalue weighted by molar-refractivity contribution is -0.121. The number of hydrogen-bond acceptors (Lipinski definition) is 8. The Bertz CT molecular complexity index is 1050. The van der Waals surface area contributed by atoms with E-state index in [2.05, 4.69) is 33.7 Å². The molecule has 0 aromatic heterocycles. The van der Waals surface area contributed by atoms with Crippen LogP contribution in [-0.2, 0) is 22.5 Å². The number of aliphatic hydroxyl groups is 1. The molecule has 2 unspecified atom stereocenters. The zero-order chi connectivity index (χ0) is 24.8. The molecule has 2 aromatic rings. The average Bonchev–Trinajstić information content (AvgIpc) is 3.35. The number of benzene rings is 2. The minimum Gasteiger partial charge on any atom is -0.496 e. The molecular weight excluding hydrogens is 450 g/mol. The molecule has 188 valence electrons. The van der Waals surface area contributed by atoms with Crippen molar-refractivity contribution >= 4 is 17.9 Å². The van der Waals surface area contributed by atoms with Gasteiger partial charge >= 0.3 is 0 Å². The monoisotopic (exact) mass is 483 g/mol. The Labute approximate surface area is 205 Å². The summed E-state index contributed by atoms with van der Waals surface area (Å²) in [6.07, 6.45) is 1.45. The smallest absolute Gasteiger partial charge is 0.255 e. The van der Waals surface area contributed by atoms with Crippen LogP contribution < -0.4 is 20.1 Å². The first-order valence-corrected chi connectivity index (χ1v) is 11.8. The molecule has 2 atom stereocenters. The van der Waals surface area contributed by atoms with Gasteiger partial charge in [0.05, 0.1) is 37.7 Å². The zero-order valence-electron chi connectivity index (χ0n) is 20.2. The number of aliphatic hydroxyl groups excluding tert-OH is 1. The molecule has 2 aliphatic rings. The number of carbonyl (C=O) groups is 2. The third kappa shape index (κ3) is 5.75. The normalized spacial score (nSPS) is 20.5. The van der Waals surface area contributed by atoms with Gasteiger partial charge in [0.1, 0.15) is 11.5 Å². The van der Waals surface area contributed by atoms with Gasteiger partial charge in [-0.2, -0.15) is 0 Å². The number of nitrogens with zero attached hydrogens (tertiary/aromatic N) is 1. The lowest BCUT2D eigenvalue weighted by Gasteiger charge is -2.30. The van der Waals surface area contributed by atoms with Gasteiger partial charge in [-0.1, -0.05) is 24.3 Å². The van der Waals surface area contributed by atoms with Gasteiger partial charge in [-0.25, -0.2) is 0 Å². The SMILES string of the molecule is CNc1cc(C(=O)NCC(O)CN2CCc3ccccc3C2)c(OC)cc1OC1(C=O)CCOC1. The minimum absolute atomic E-state index is 0.110. The Balaban J connectivity index is 1.39. The number of β-amino-alcohol motifs (C(OH)–C–C–N with tert-alkyl or cyclic N) is 1. The zero-order valence-corrected chi connectivity index (χ0v) is 20.2. The van der Waals surface area contributed by atoms with Crippen molar-refractivity contribution < 1.29 is 28.9 Å². The lowest BCUT2D eigenvalue weighted by Crippen LogP contribution is -2.42. The molecule has 2 heterocycles. The van der Waals surface area contributed by atoms with E-state index < -0.39 is 11.7 Å². The van der Waals surface area contributed by atoms with E-state index in [-0.39, 0.29) is 19.1 Å². The van der Waals surface area contributed by atoms with E-state index in [4.69, 9.17) is 14.2 Å². The molecule has 1 saturated heterocycles. The van der Waals surface area contributed by atoms with Crippen LogP contribution in [0.25, 0.3) is 0 Å². The number of carbonyl (C=O) groups excluding carboxylic acids is 2. The summed E-state index contributed by atoms with van der Waals surface area (Å²) in [6.45, 7) is 2.85. The number of rotatable bonds is 10. The molecule has 0 saturated carbocycles. The summed E-state index contributed by atoms with van der Waals surface area (Å²) in [6, 6.07) is 11.5. The maximum absolute atomic E-state index is 13.0. The van der Waals surface area contributed by atoms with Crippen molar-refractivity contribution in [1.29, 1.82) is 0 Å². The third-order valence-corrected chi connectivity index (χ3v) is 6.54. The maximum atomic E-state index is 13.0. The van der Waals surface area contributed by atoms with Crippen molar-refractivity contribution in [3.63, 3.8) is 0 Å². The number of methoxy groups -OCH3 is 1. The Morgan fingerprint density at radius 2 is 2.09 bits per heavy atom. The summed E-state index contributed by atoms with van der Waals surface area (Å²) in [5.74, 6) is 0.324. The molecule has 0 spiro atoms. The average molecular weight is 484 g/mol. The number of ether oxygens (including phenoxy) is 3. The Morgan fingerprint density at radius 1 is 1.29 bits per heavy atom. The van der Waals surface area contributed by atoms with Crippen LogP contribution in [-0.4, -0.2) is 80.9 Å². The van der Waals surface area contributed by atoms with Gasteiger partial charge < -0.3 is 30.0 Å². The Hall–Kier alpha value is -3.14. The van der Waals surface area contributed by atoms with E-state index in [0.29, 0.717) is 42.3 Å². The van der Waals surface area contributed by atoms with E-state index in [9.17, 15) is 14.7 Å². The van der Waals surface area contributed by atoms with Crippen molar-refractivity contribution in [3.8, 4) is 11.5 Å². The van der Waals surface area contributed by atoms with Crippen LogP contribution in [0.15, 0.2) is 36.4 Å². The summed E-state index contributed by atoms with van der Waals surface area (Å²) in [7, 11) is 3.17. The molecule has 3 N–H and O–H groups in total. The summed E-state index contributed by atoms with van der Waals surface area (Å²) in [5, 5.41) is 16.4. The van der Waals surface area contributed by atoms with E-state index in [1.807, 2.05) is 6.07 Å². The number of aldehydes is 1. The molecule has 0 radical (unpaired) electrons. The van der Waals surface area contributed by atoms with Crippen molar-refractivity contribution in [1.82, 2.24) is 10.2 Å². The predicted octanol–water partition coefficient (Wildman–Crippen LogP) is 1.62. The van der Waals surface area contributed by atoms with Gasteiger partial charge in [-0.15, -0.1) is 0 Å². The molecule has 2 aromatic carbocycles. The second kappa shape index (κ2) is 11.1. The molecule has 0 aliphatic carbocycles. The molecule has 1 fully saturated rings. The predicted molar refractivity (Wildman–Crippen MR) is 131 cm³/mol. The van der Waals surface area contributed by atoms with E-state index in [1.54, 1.807) is 19.2 Å². The number of anilines is 1. The third-order valence-electron chi connectivity index (χ3n) is 6.54. The minimum atomic E-state index is -1.06. The molecule has 2 aliphatic heterocycles. The number of nitrogens with one attached hydrogen (secondary N) is 2. The van der Waals surface area contributed by atoms with Gasteiger partial charge in [-0.05, 0) is 23.6 Å². The van der Waals surface area contributed by atoms with Crippen molar-refractivity contribution in [3.05, 3.63) is 53.1 Å². The Morgan fingerprint density at radius 3 is 2.77 bits per heavy atom. The van der Waals surface area contributed by atoms with Crippen molar-refractivity contribution in [2.75, 3.05) is 52.3 Å². The summed E-state index contributed by atoms with van der Waals surface area (Å²) in [4.78, 5) is 26.8. The fraction of sp³-hybridized carbons (Fsp3) is 0.462. The number of amides is 1. The fourth-order valence-corrected chi connectivity index (χ4v) is 4.54. The highest BCUT2D eigenvalue weighted by Gasteiger charge is 2.38. The topological polar surface area (TPSA) is 109 Å². The van der Waals surface area contributed by atoms with Crippen LogP contribution in [0.4, 0.5) is 5.69 Å². The number of hydrogen-bond donors (Lipinski definition) is 3. The van der Waals surface area contributed by atoms with Crippen molar-refractivity contribution in [2.24, 2.45) is 0 Å². The van der Waals surface area contributed by atoms with Crippen LogP contribution in [0.1, 0.15) is 27.9 Å². The maximum Gasteiger partial charge on any atom is 0.255 e. The number of fused-ring (bicyclic) bond motifs is 1. The molecular formula is C26H33N3O6. The van der Waals surface area contributed by atoms with Gasteiger partial charge in [-0.3, -0.25) is 14.5 Å². The molecule has 9 heteroatoms. The second-order valence-corrected chi connectivity index (χ2v) is 9.00. The molecule has 1 amide bonds. The fourth-order valence-electron chi connectivity index (χ4n) is 4.54. The largest absolute Gasteiger partial charge is 0.496 e. The van der Waals surface area contributed by atoms with Crippen molar-refractivity contribution in [2.45, 2.75) is 31.1 Å². The Kier molecular flexibility index (Phi) is 7.90. The lowest BCUT2D eigenvalue weighted by atomic mass is 10.00. The second-order valence-electron chi connectivity index (χ2n) is 9.00. The van der Waals surface area contributed by atoms with Crippen LogP contribution in [0.2, 0.25) is 0 Å². The summed E-state index contributed by atoms with van der Waals surface area (Å²) < 4.78 is 16.8. The summed E-state index contributed by atoms with van der Waals surface area (Å²) >= 11 is 0. The first-order valence-electron chi connectivity index (χ1n) is 11.8. The van der Waals surface area contributed by atoms with Gasteiger partial charge in [0.2, 0.25) is 0 Å².